The summed E-state index contributed by atoms with van der Waals surface area (Å²) in [5, 5.41) is 0. The van der Waals surface area contributed by atoms with Gasteiger partial charge >= 0.3 is 0 Å². The lowest BCUT2D eigenvalue weighted by atomic mass is 10.0. The molecule has 144 valence electrons. The summed E-state index contributed by atoms with van der Waals surface area (Å²) in [6.07, 6.45) is 2.78. The van der Waals surface area contributed by atoms with E-state index in [1.165, 1.54) is 12.1 Å². The molecule has 0 unspecified atom stereocenters. The van der Waals surface area contributed by atoms with Gasteiger partial charge in [-0.25, -0.2) is 0 Å². The van der Waals surface area contributed by atoms with E-state index in [0.29, 0.717) is 19.1 Å². The molecule has 2 aliphatic rings. The molecule has 3 rings (SSSR count). The van der Waals surface area contributed by atoms with E-state index in [1.807, 2.05) is 17.0 Å². The molecule has 1 aromatic carbocycles. The zero-order valence-corrected chi connectivity index (χ0v) is 16.0. The lowest BCUT2D eigenvalue weighted by molar-refractivity contribution is -0.134. The second-order valence-corrected chi connectivity index (χ2v) is 7.10. The van der Waals surface area contributed by atoms with Gasteiger partial charge in [0.25, 0.3) is 0 Å². The topological polar surface area (TPSA) is 45.2 Å². The number of amides is 1. The minimum absolute atomic E-state index is 0.230. The van der Waals surface area contributed by atoms with Gasteiger partial charge in [-0.3, -0.25) is 9.69 Å². The smallest absolute Gasteiger partial charge is 0.224 e. The Bertz CT molecular complexity index is 570. The highest BCUT2D eigenvalue weighted by atomic mass is 16.5. The number of anilines is 1. The molecule has 0 aliphatic carbocycles. The summed E-state index contributed by atoms with van der Waals surface area (Å²) in [4.78, 5) is 19.3. The number of hydrogen-bond acceptors (Lipinski definition) is 5. The van der Waals surface area contributed by atoms with Gasteiger partial charge in [0.2, 0.25) is 5.91 Å². The molecule has 6 nitrogen and oxygen atoms in total. The molecule has 2 aliphatic heterocycles. The Morgan fingerprint density at radius 1 is 1.08 bits per heavy atom. The Hall–Kier alpha value is -1.79. The molecule has 0 N–H and O–H groups in total. The summed E-state index contributed by atoms with van der Waals surface area (Å²) in [6, 6.07) is 8.79. The Kier molecular flexibility index (Phi) is 6.74. The van der Waals surface area contributed by atoms with Gasteiger partial charge in [0.15, 0.2) is 0 Å². The predicted molar refractivity (Wildman–Crippen MR) is 103 cm³/mol. The molecule has 0 bridgehead atoms. The van der Waals surface area contributed by atoms with Crippen LogP contribution in [-0.2, 0) is 9.53 Å². The number of rotatable bonds is 6. The van der Waals surface area contributed by atoms with E-state index in [9.17, 15) is 4.79 Å². The first-order valence-corrected chi connectivity index (χ1v) is 9.61. The first-order valence-electron chi connectivity index (χ1n) is 9.61. The second kappa shape index (κ2) is 9.24. The fraction of sp³-hybridized carbons (Fsp3) is 0.650. The number of nitrogens with zero attached hydrogens (tertiary/aromatic N) is 3. The van der Waals surface area contributed by atoms with E-state index in [4.69, 9.17) is 9.47 Å². The largest absolute Gasteiger partial charge is 0.497 e. The van der Waals surface area contributed by atoms with Crippen LogP contribution in [0.3, 0.4) is 0 Å². The maximum Gasteiger partial charge on any atom is 0.224 e. The van der Waals surface area contributed by atoms with Crippen molar-refractivity contribution in [2.75, 3.05) is 65.0 Å². The van der Waals surface area contributed by atoms with Crippen LogP contribution in [0.2, 0.25) is 0 Å². The molecule has 2 fully saturated rings. The quantitative estimate of drug-likeness (QED) is 0.774. The molecule has 6 heteroatoms. The number of hydrogen-bond donors (Lipinski definition) is 0. The van der Waals surface area contributed by atoms with Crippen LogP contribution in [0.5, 0.6) is 5.75 Å². The Morgan fingerprint density at radius 3 is 2.46 bits per heavy atom. The Labute approximate surface area is 156 Å². The number of methoxy groups -OCH3 is 2. The standard InChI is InChI=1S/C20H31N3O3/c1-25-15-9-20(24)23-10-3-4-18(16-23)22-13-11-21(12-14-22)17-5-7-19(26-2)8-6-17/h5-8,18H,3-4,9-16H2,1-2H3/t18-/m1/s1. The fourth-order valence-corrected chi connectivity index (χ4v) is 3.97. The maximum absolute atomic E-state index is 12.3. The average molecular weight is 361 g/mol. The van der Waals surface area contributed by atoms with Crippen LogP contribution in [0.4, 0.5) is 5.69 Å². The lowest BCUT2D eigenvalue weighted by Gasteiger charge is -2.44. The zero-order chi connectivity index (χ0) is 18.4. The molecule has 1 aromatic rings. The molecular weight excluding hydrogens is 330 g/mol. The van der Waals surface area contributed by atoms with Crippen molar-refractivity contribution < 1.29 is 14.3 Å². The summed E-state index contributed by atoms with van der Waals surface area (Å²) in [5.74, 6) is 1.13. The van der Waals surface area contributed by atoms with Gasteiger partial charge in [-0.15, -0.1) is 0 Å². The van der Waals surface area contributed by atoms with Crippen LogP contribution in [0, 0.1) is 0 Å². The van der Waals surface area contributed by atoms with Gasteiger partial charge < -0.3 is 19.3 Å². The third kappa shape index (κ3) is 4.68. The minimum Gasteiger partial charge on any atom is -0.497 e. The van der Waals surface area contributed by atoms with Crippen molar-refractivity contribution in [1.29, 1.82) is 0 Å². The number of likely N-dealkylation sites (tertiary alicyclic amines) is 1. The molecule has 0 radical (unpaired) electrons. The van der Waals surface area contributed by atoms with Gasteiger partial charge in [-0.2, -0.15) is 0 Å². The second-order valence-electron chi connectivity index (χ2n) is 7.10. The molecule has 2 saturated heterocycles. The normalized spacial score (nSPS) is 21.7. The van der Waals surface area contributed by atoms with E-state index in [1.54, 1.807) is 14.2 Å². The third-order valence-electron chi connectivity index (χ3n) is 5.54. The van der Waals surface area contributed by atoms with E-state index >= 15 is 0 Å². The van der Waals surface area contributed by atoms with Gasteiger partial charge in [-0.1, -0.05) is 0 Å². The van der Waals surface area contributed by atoms with Crippen LogP contribution in [-0.4, -0.2) is 81.8 Å². The predicted octanol–water partition coefficient (Wildman–Crippen LogP) is 1.84. The molecular formula is C20H31N3O3. The number of carbonyl (C=O) groups is 1. The van der Waals surface area contributed by atoms with E-state index < -0.39 is 0 Å². The Morgan fingerprint density at radius 2 is 1.81 bits per heavy atom. The van der Waals surface area contributed by atoms with E-state index in [0.717, 1.165) is 51.4 Å². The van der Waals surface area contributed by atoms with Gasteiger partial charge in [0.05, 0.1) is 20.1 Å². The van der Waals surface area contributed by atoms with Gasteiger partial charge in [0, 0.05) is 58.1 Å². The van der Waals surface area contributed by atoms with Crippen molar-refractivity contribution in [2.45, 2.75) is 25.3 Å². The first-order chi connectivity index (χ1) is 12.7. The third-order valence-corrected chi connectivity index (χ3v) is 5.54. The molecule has 26 heavy (non-hydrogen) atoms. The van der Waals surface area contributed by atoms with Crippen LogP contribution in [0.15, 0.2) is 24.3 Å². The highest BCUT2D eigenvalue weighted by molar-refractivity contribution is 5.76. The summed E-state index contributed by atoms with van der Waals surface area (Å²) < 4.78 is 10.3. The number of piperidine rings is 1. The van der Waals surface area contributed by atoms with Gasteiger partial charge in [-0.05, 0) is 37.1 Å². The molecule has 0 spiro atoms. The van der Waals surface area contributed by atoms with Crippen LogP contribution >= 0.6 is 0 Å². The summed E-state index contributed by atoms with van der Waals surface area (Å²) in [5.41, 5.74) is 1.26. The lowest BCUT2D eigenvalue weighted by Crippen LogP contribution is -2.56. The maximum atomic E-state index is 12.3. The fourth-order valence-electron chi connectivity index (χ4n) is 3.97. The number of benzene rings is 1. The highest BCUT2D eigenvalue weighted by Gasteiger charge is 2.29. The van der Waals surface area contributed by atoms with Crippen LogP contribution < -0.4 is 9.64 Å². The number of ether oxygens (including phenoxy) is 2. The minimum atomic E-state index is 0.230. The average Bonchev–Trinajstić information content (AvgIpc) is 2.72. The van der Waals surface area contributed by atoms with Crippen molar-refractivity contribution in [3.63, 3.8) is 0 Å². The SMILES string of the molecule is COCCC(=O)N1CCC[C@@H](N2CCN(c3ccc(OC)cc3)CC2)C1. The van der Waals surface area contributed by atoms with Crippen LogP contribution in [0.1, 0.15) is 19.3 Å². The van der Waals surface area contributed by atoms with Gasteiger partial charge in [0.1, 0.15) is 5.75 Å². The van der Waals surface area contributed by atoms with Crippen molar-refractivity contribution in [2.24, 2.45) is 0 Å². The molecule has 1 amide bonds. The molecule has 2 heterocycles. The molecule has 0 saturated carbocycles. The van der Waals surface area contributed by atoms with E-state index in [2.05, 4.69) is 21.9 Å². The monoisotopic (exact) mass is 361 g/mol. The molecule has 0 aromatic heterocycles. The number of piperazine rings is 1. The van der Waals surface area contributed by atoms with E-state index in [-0.39, 0.29) is 5.91 Å². The number of carbonyl (C=O) groups excluding carboxylic acids is 1. The zero-order valence-electron chi connectivity index (χ0n) is 16.0. The molecule has 1 atom stereocenters. The highest BCUT2D eigenvalue weighted by Crippen LogP contribution is 2.23. The summed E-state index contributed by atoms with van der Waals surface area (Å²) in [6.45, 7) is 6.44. The first kappa shape index (κ1) is 19.0. The Balaban J connectivity index is 1.50. The van der Waals surface area contributed by atoms with Crippen molar-refractivity contribution in [1.82, 2.24) is 9.80 Å². The van der Waals surface area contributed by atoms with Crippen molar-refractivity contribution in [3.05, 3.63) is 24.3 Å². The summed E-state index contributed by atoms with van der Waals surface area (Å²) >= 11 is 0. The van der Waals surface area contributed by atoms with Crippen LogP contribution in [0.25, 0.3) is 0 Å². The summed E-state index contributed by atoms with van der Waals surface area (Å²) in [7, 11) is 3.34. The van der Waals surface area contributed by atoms with Crippen molar-refractivity contribution >= 4 is 11.6 Å². The van der Waals surface area contributed by atoms with Crippen molar-refractivity contribution in [3.8, 4) is 5.75 Å².